The van der Waals surface area contributed by atoms with Crippen LogP contribution in [0, 0.1) is 0 Å². The van der Waals surface area contributed by atoms with E-state index in [-0.39, 0.29) is 17.8 Å². The fourth-order valence-electron chi connectivity index (χ4n) is 3.11. The second-order valence-electron chi connectivity index (χ2n) is 6.58. The standard InChI is InChI=1S/C21H23N3O4/c1-15(25)17-4-3-5-18(14-17)22-21(27)24-12-10-23(11-13-24)19-8-6-16(7-9-19)20(26)28-2/h3-9,14H,10-13H2,1-2H3,(H,22,27). The molecule has 0 atom stereocenters. The summed E-state index contributed by atoms with van der Waals surface area (Å²) < 4.78 is 4.71. The summed E-state index contributed by atoms with van der Waals surface area (Å²) in [4.78, 5) is 39.4. The summed E-state index contributed by atoms with van der Waals surface area (Å²) in [7, 11) is 1.36. The highest BCUT2D eigenvalue weighted by Crippen LogP contribution is 2.19. The average Bonchev–Trinajstić information content (AvgIpc) is 2.73. The van der Waals surface area contributed by atoms with Crippen molar-refractivity contribution < 1.29 is 19.1 Å². The van der Waals surface area contributed by atoms with E-state index < -0.39 is 0 Å². The van der Waals surface area contributed by atoms with Gasteiger partial charge in [0.2, 0.25) is 0 Å². The van der Waals surface area contributed by atoms with Gasteiger partial charge in [0.1, 0.15) is 0 Å². The second kappa shape index (κ2) is 8.56. The molecule has 0 saturated carbocycles. The molecule has 0 aromatic heterocycles. The number of urea groups is 1. The molecule has 2 aromatic carbocycles. The Kier molecular flexibility index (Phi) is 5.93. The van der Waals surface area contributed by atoms with Crippen molar-refractivity contribution in [2.45, 2.75) is 6.92 Å². The number of hydrogen-bond acceptors (Lipinski definition) is 5. The molecule has 1 fully saturated rings. The molecule has 2 aromatic rings. The molecule has 1 aliphatic heterocycles. The van der Waals surface area contributed by atoms with E-state index in [1.54, 1.807) is 41.3 Å². The zero-order valence-electron chi connectivity index (χ0n) is 16.0. The van der Waals surface area contributed by atoms with Crippen LogP contribution in [0.3, 0.4) is 0 Å². The highest BCUT2D eigenvalue weighted by Gasteiger charge is 2.21. The number of rotatable bonds is 4. The minimum absolute atomic E-state index is 0.0390. The maximum atomic E-state index is 12.5. The maximum Gasteiger partial charge on any atom is 0.337 e. The van der Waals surface area contributed by atoms with Crippen LogP contribution in [0.2, 0.25) is 0 Å². The number of nitrogens with zero attached hydrogens (tertiary/aromatic N) is 2. The Morgan fingerprint density at radius 1 is 0.929 bits per heavy atom. The number of amides is 2. The molecule has 1 heterocycles. The van der Waals surface area contributed by atoms with Gasteiger partial charge >= 0.3 is 12.0 Å². The third-order valence-electron chi connectivity index (χ3n) is 4.74. The summed E-state index contributed by atoms with van der Waals surface area (Å²) in [5.41, 5.74) is 2.69. The molecular formula is C21H23N3O4. The molecule has 1 N–H and O–H groups in total. The fourth-order valence-corrected chi connectivity index (χ4v) is 3.11. The lowest BCUT2D eigenvalue weighted by molar-refractivity contribution is 0.0600. The molecule has 1 aliphatic rings. The lowest BCUT2D eigenvalue weighted by Crippen LogP contribution is -2.50. The number of piperazine rings is 1. The normalized spacial score (nSPS) is 13.8. The number of anilines is 2. The van der Waals surface area contributed by atoms with Gasteiger partial charge in [-0.1, -0.05) is 12.1 Å². The first-order valence-electron chi connectivity index (χ1n) is 9.08. The van der Waals surface area contributed by atoms with Gasteiger partial charge in [-0.2, -0.15) is 0 Å². The van der Waals surface area contributed by atoms with E-state index in [9.17, 15) is 14.4 Å². The van der Waals surface area contributed by atoms with Crippen LogP contribution < -0.4 is 10.2 Å². The summed E-state index contributed by atoms with van der Waals surface area (Å²) in [6.45, 7) is 4.04. The van der Waals surface area contributed by atoms with Crippen LogP contribution >= 0.6 is 0 Å². The molecular weight excluding hydrogens is 358 g/mol. The van der Waals surface area contributed by atoms with Crippen LogP contribution in [0.5, 0.6) is 0 Å². The highest BCUT2D eigenvalue weighted by molar-refractivity contribution is 5.96. The maximum absolute atomic E-state index is 12.5. The molecule has 3 rings (SSSR count). The monoisotopic (exact) mass is 381 g/mol. The summed E-state index contributed by atoms with van der Waals surface area (Å²) in [6, 6.07) is 14.0. The number of ether oxygens (including phenoxy) is 1. The number of carbonyl (C=O) groups is 3. The Bertz CT molecular complexity index is 871. The largest absolute Gasteiger partial charge is 0.465 e. The summed E-state index contributed by atoms with van der Waals surface area (Å²) in [5, 5.41) is 2.85. The van der Waals surface area contributed by atoms with Crippen LogP contribution in [0.1, 0.15) is 27.6 Å². The summed E-state index contributed by atoms with van der Waals surface area (Å²) in [5.74, 6) is -0.398. The molecule has 2 amide bonds. The molecule has 0 unspecified atom stereocenters. The third kappa shape index (κ3) is 4.49. The highest BCUT2D eigenvalue weighted by atomic mass is 16.5. The van der Waals surface area contributed by atoms with E-state index in [1.807, 2.05) is 12.1 Å². The predicted octanol–water partition coefficient (Wildman–Crippen LogP) is 3.03. The third-order valence-corrected chi connectivity index (χ3v) is 4.74. The van der Waals surface area contributed by atoms with Gasteiger partial charge in [0, 0.05) is 43.1 Å². The van der Waals surface area contributed by atoms with Crippen LogP contribution in [0.25, 0.3) is 0 Å². The molecule has 0 radical (unpaired) electrons. The van der Waals surface area contributed by atoms with E-state index in [1.165, 1.54) is 14.0 Å². The van der Waals surface area contributed by atoms with Gasteiger partial charge in [0.05, 0.1) is 12.7 Å². The molecule has 0 spiro atoms. The van der Waals surface area contributed by atoms with Crippen LogP contribution in [-0.4, -0.2) is 56.0 Å². The fraction of sp³-hybridized carbons (Fsp3) is 0.286. The van der Waals surface area contributed by atoms with Gasteiger partial charge in [-0.05, 0) is 43.3 Å². The van der Waals surface area contributed by atoms with Crippen molar-refractivity contribution in [3.8, 4) is 0 Å². The van der Waals surface area contributed by atoms with E-state index in [0.717, 1.165) is 5.69 Å². The number of Topliss-reactive ketones (excluding diaryl/α,β-unsaturated/α-hetero) is 1. The van der Waals surface area contributed by atoms with Crippen molar-refractivity contribution in [2.75, 3.05) is 43.5 Å². The first kappa shape index (κ1) is 19.4. The topological polar surface area (TPSA) is 79.0 Å². The number of benzene rings is 2. The first-order valence-corrected chi connectivity index (χ1v) is 9.08. The van der Waals surface area contributed by atoms with Crippen molar-refractivity contribution in [1.82, 2.24) is 4.90 Å². The second-order valence-corrected chi connectivity index (χ2v) is 6.58. The van der Waals surface area contributed by atoms with Gasteiger partial charge in [0.25, 0.3) is 0 Å². The zero-order chi connectivity index (χ0) is 20.1. The minimum Gasteiger partial charge on any atom is -0.465 e. The van der Waals surface area contributed by atoms with Gasteiger partial charge < -0.3 is 19.9 Å². The molecule has 28 heavy (non-hydrogen) atoms. The predicted molar refractivity (Wildman–Crippen MR) is 107 cm³/mol. The number of carbonyl (C=O) groups excluding carboxylic acids is 3. The number of methoxy groups -OCH3 is 1. The lowest BCUT2D eigenvalue weighted by Gasteiger charge is -2.36. The van der Waals surface area contributed by atoms with Crippen LogP contribution in [0.15, 0.2) is 48.5 Å². The van der Waals surface area contributed by atoms with E-state index in [0.29, 0.717) is 43.0 Å². The number of nitrogens with one attached hydrogen (secondary N) is 1. The number of ketones is 1. The van der Waals surface area contributed by atoms with E-state index in [4.69, 9.17) is 4.74 Å². The van der Waals surface area contributed by atoms with Gasteiger partial charge in [0.15, 0.2) is 5.78 Å². The Labute approximate surface area is 163 Å². The molecule has 7 nitrogen and oxygen atoms in total. The smallest absolute Gasteiger partial charge is 0.337 e. The zero-order valence-corrected chi connectivity index (χ0v) is 16.0. The molecule has 0 bridgehead atoms. The lowest BCUT2D eigenvalue weighted by atomic mass is 10.1. The van der Waals surface area contributed by atoms with Gasteiger partial charge in [-0.15, -0.1) is 0 Å². The summed E-state index contributed by atoms with van der Waals surface area (Å²) >= 11 is 0. The molecule has 0 aliphatic carbocycles. The van der Waals surface area contributed by atoms with Crippen molar-refractivity contribution in [2.24, 2.45) is 0 Å². The molecule has 7 heteroatoms. The Morgan fingerprint density at radius 2 is 1.61 bits per heavy atom. The Balaban J connectivity index is 1.56. The SMILES string of the molecule is COC(=O)c1ccc(N2CCN(C(=O)Nc3cccc(C(C)=O)c3)CC2)cc1. The van der Waals surface area contributed by atoms with Crippen LogP contribution in [-0.2, 0) is 4.74 Å². The Hall–Kier alpha value is -3.35. The van der Waals surface area contributed by atoms with Crippen molar-refractivity contribution in [1.29, 1.82) is 0 Å². The Morgan fingerprint density at radius 3 is 2.21 bits per heavy atom. The van der Waals surface area contributed by atoms with Crippen molar-refractivity contribution in [3.63, 3.8) is 0 Å². The number of esters is 1. The molecule has 146 valence electrons. The number of hydrogen-bond donors (Lipinski definition) is 1. The van der Waals surface area contributed by atoms with Crippen molar-refractivity contribution >= 4 is 29.2 Å². The van der Waals surface area contributed by atoms with Gasteiger partial charge in [-0.3, -0.25) is 4.79 Å². The first-order chi connectivity index (χ1) is 13.5. The summed E-state index contributed by atoms with van der Waals surface area (Å²) in [6.07, 6.45) is 0. The van der Waals surface area contributed by atoms with Crippen LogP contribution in [0.4, 0.5) is 16.2 Å². The quantitative estimate of drug-likeness (QED) is 0.651. The van der Waals surface area contributed by atoms with E-state index >= 15 is 0 Å². The molecule has 1 saturated heterocycles. The minimum atomic E-state index is -0.359. The van der Waals surface area contributed by atoms with Crippen molar-refractivity contribution in [3.05, 3.63) is 59.7 Å². The van der Waals surface area contributed by atoms with E-state index in [2.05, 4.69) is 10.2 Å². The average molecular weight is 381 g/mol. The van der Waals surface area contributed by atoms with Gasteiger partial charge in [-0.25, -0.2) is 9.59 Å².